The van der Waals surface area contributed by atoms with Crippen molar-refractivity contribution >= 4 is 23.0 Å². The van der Waals surface area contributed by atoms with Crippen LogP contribution in [0, 0.1) is 6.92 Å². The van der Waals surface area contributed by atoms with Crippen LogP contribution < -0.4 is 0 Å². The average molecular weight is 226 g/mol. The summed E-state index contributed by atoms with van der Waals surface area (Å²) in [4.78, 5) is 0. The van der Waals surface area contributed by atoms with Crippen molar-refractivity contribution in [1.82, 2.24) is 0 Å². The molecule has 0 fully saturated rings. The van der Waals surface area contributed by atoms with Gasteiger partial charge in [0.05, 0.1) is 0 Å². The molecule has 16 heavy (non-hydrogen) atoms. The van der Waals surface area contributed by atoms with Gasteiger partial charge in [-0.25, -0.2) is 0 Å². The predicted octanol–water partition coefficient (Wildman–Crippen LogP) is 4.71. The van der Waals surface area contributed by atoms with Crippen LogP contribution in [0.2, 0.25) is 0 Å². The zero-order valence-corrected chi connectivity index (χ0v) is 10.3. The lowest BCUT2D eigenvalue weighted by Crippen LogP contribution is -1.92. The molecule has 0 saturated heterocycles. The van der Waals surface area contributed by atoms with E-state index in [0.29, 0.717) is 5.92 Å². The van der Waals surface area contributed by atoms with Crippen LogP contribution in [0.5, 0.6) is 0 Å². The quantitative estimate of drug-likeness (QED) is 0.660. The molecule has 1 aliphatic carbocycles. The number of benzene rings is 1. The number of hydrogen-bond donors (Lipinski definition) is 0. The van der Waals surface area contributed by atoms with Crippen molar-refractivity contribution in [3.05, 3.63) is 57.3 Å². The van der Waals surface area contributed by atoms with Gasteiger partial charge in [-0.15, -0.1) is 0 Å². The Kier molecular flexibility index (Phi) is 2.22. The second kappa shape index (κ2) is 3.60. The Hall–Kier alpha value is -1.34. The number of fused-ring (bicyclic) bond motifs is 1. The Morgan fingerprint density at radius 2 is 2.06 bits per heavy atom. The van der Waals surface area contributed by atoms with Crippen molar-refractivity contribution < 1.29 is 0 Å². The lowest BCUT2D eigenvalue weighted by Gasteiger charge is -2.10. The first kappa shape index (κ1) is 9.86. The van der Waals surface area contributed by atoms with Crippen LogP contribution in [-0.4, -0.2) is 0 Å². The molecule has 0 spiro atoms. The summed E-state index contributed by atoms with van der Waals surface area (Å²) >= 11 is 1.77. The van der Waals surface area contributed by atoms with Crippen LogP contribution >= 0.6 is 11.3 Å². The van der Waals surface area contributed by atoms with E-state index < -0.39 is 0 Å². The van der Waals surface area contributed by atoms with E-state index in [1.54, 1.807) is 11.3 Å². The van der Waals surface area contributed by atoms with Gasteiger partial charge in [0.15, 0.2) is 0 Å². The molecule has 80 valence electrons. The van der Waals surface area contributed by atoms with Gasteiger partial charge in [0, 0.05) is 5.92 Å². The molecule has 0 saturated carbocycles. The van der Waals surface area contributed by atoms with Crippen LogP contribution in [-0.2, 0) is 0 Å². The summed E-state index contributed by atoms with van der Waals surface area (Å²) in [5, 5.41) is 4.39. The minimum Gasteiger partial charge on any atom is -0.152 e. The lowest BCUT2D eigenvalue weighted by atomic mass is 9.94. The number of thiophene rings is 1. The number of rotatable bonds is 1. The molecular formula is C15H14S. The lowest BCUT2D eigenvalue weighted by molar-refractivity contribution is 1.01. The first-order valence-electron chi connectivity index (χ1n) is 5.60. The third-order valence-corrected chi connectivity index (χ3v) is 4.02. The second-order valence-electron chi connectivity index (χ2n) is 4.47. The van der Waals surface area contributed by atoms with Gasteiger partial charge in [-0.1, -0.05) is 36.8 Å². The van der Waals surface area contributed by atoms with Gasteiger partial charge in [0.1, 0.15) is 0 Å². The predicted molar refractivity (Wildman–Crippen MR) is 71.8 cm³/mol. The Morgan fingerprint density at radius 3 is 2.81 bits per heavy atom. The van der Waals surface area contributed by atoms with Crippen molar-refractivity contribution in [2.45, 2.75) is 19.8 Å². The van der Waals surface area contributed by atoms with Gasteiger partial charge >= 0.3 is 0 Å². The summed E-state index contributed by atoms with van der Waals surface area (Å²) in [5.74, 6) is 0.532. The van der Waals surface area contributed by atoms with Crippen LogP contribution in [0.3, 0.4) is 0 Å². The topological polar surface area (TPSA) is 0 Å². The molecule has 1 aromatic heterocycles. The van der Waals surface area contributed by atoms with Gasteiger partial charge in [0.2, 0.25) is 0 Å². The van der Waals surface area contributed by atoms with E-state index in [9.17, 15) is 0 Å². The number of hydrogen-bond acceptors (Lipinski definition) is 1. The molecule has 3 rings (SSSR count). The number of allylic oxidation sites excluding steroid dienone is 1. The molecule has 1 heteroatoms. The Bertz CT molecular complexity index is 547. The van der Waals surface area contributed by atoms with Gasteiger partial charge < -0.3 is 0 Å². The summed E-state index contributed by atoms with van der Waals surface area (Å²) in [5.41, 5.74) is 7.05. The van der Waals surface area contributed by atoms with Crippen LogP contribution in [0.1, 0.15) is 35.1 Å². The third kappa shape index (κ3) is 1.43. The van der Waals surface area contributed by atoms with Gasteiger partial charge in [0.25, 0.3) is 0 Å². The monoisotopic (exact) mass is 226 g/mol. The molecule has 2 aromatic rings. The maximum absolute atomic E-state index is 2.33. The average Bonchev–Trinajstić information content (AvgIpc) is 2.87. The van der Waals surface area contributed by atoms with Crippen LogP contribution in [0.25, 0.3) is 11.6 Å². The Balaban J connectivity index is 2.09. The van der Waals surface area contributed by atoms with Gasteiger partial charge in [-0.05, 0) is 46.0 Å². The van der Waals surface area contributed by atoms with E-state index >= 15 is 0 Å². The highest BCUT2D eigenvalue weighted by Crippen LogP contribution is 2.42. The highest BCUT2D eigenvalue weighted by atomic mass is 32.1. The Morgan fingerprint density at radius 1 is 1.19 bits per heavy atom. The molecule has 0 nitrogen and oxygen atoms in total. The molecule has 0 bridgehead atoms. The van der Waals surface area contributed by atoms with E-state index in [2.05, 4.69) is 54.9 Å². The molecule has 0 aliphatic heterocycles. The number of aryl methyl sites for hydroxylation is 1. The van der Waals surface area contributed by atoms with E-state index in [1.165, 1.54) is 27.8 Å². The maximum atomic E-state index is 2.33. The minimum atomic E-state index is 0.532. The highest BCUT2D eigenvalue weighted by Gasteiger charge is 2.22. The highest BCUT2D eigenvalue weighted by molar-refractivity contribution is 7.08. The smallest absolute Gasteiger partial charge is 0.00734 e. The van der Waals surface area contributed by atoms with E-state index in [-0.39, 0.29) is 0 Å². The molecule has 0 N–H and O–H groups in total. The van der Waals surface area contributed by atoms with Crippen molar-refractivity contribution in [1.29, 1.82) is 0 Å². The van der Waals surface area contributed by atoms with Gasteiger partial charge in [-0.2, -0.15) is 11.3 Å². The van der Waals surface area contributed by atoms with Crippen molar-refractivity contribution in [2.75, 3.05) is 0 Å². The van der Waals surface area contributed by atoms with Crippen LogP contribution in [0.4, 0.5) is 0 Å². The normalized spacial score (nSPS) is 18.4. The SMILES string of the molecule is Cc1ccc2c(c1)C(C)C(c1ccsc1)=C2. The van der Waals surface area contributed by atoms with Crippen molar-refractivity contribution in [3.63, 3.8) is 0 Å². The summed E-state index contributed by atoms with van der Waals surface area (Å²) < 4.78 is 0. The fourth-order valence-corrected chi connectivity index (χ4v) is 3.09. The second-order valence-corrected chi connectivity index (χ2v) is 5.25. The first-order valence-corrected chi connectivity index (χ1v) is 6.54. The zero-order valence-electron chi connectivity index (χ0n) is 9.53. The summed E-state index contributed by atoms with van der Waals surface area (Å²) in [7, 11) is 0. The van der Waals surface area contributed by atoms with Crippen molar-refractivity contribution in [2.24, 2.45) is 0 Å². The molecule has 0 amide bonds. The fraction of sp³-hybridized carbons (Fsp3) is 0.200. The molecule has 0 radical (unpaired) electrons. The molecule has 1 aromatic carbocycles. The maximum Gasteiger partial charge on any atom is 0.00734 e. The van der Waals surface area contributed by atoms with E-state index in [0.717, 1.165) is 0 Å². The van der Waals surface area contributed by atoms with Crippen LogP contribution in [0.15, 0.2) is 35.0 Å². The largest absolute Gasteiger partial charge is 0.152 e. The standard InChI is InChI=1S/C15H14S/c1-10-3-4-12-8-15(11(2)14(12)7-10)13-5-6-16-9-13/h3-9,11H,1-2H3. The zero-order chi connectivity index (χ0) is 11.1. The summed E-state index contributed by atoms with van der Waals surface area (Å²) in [6.07, 6.45) is 2.33. The van der Waals surface area contributed by atoms with E-state index in [1.807, 2.05) is 0 Å². The summed E-state index contributed by atoms with van der Waals surface area (Å²) in [6.45, 7) is 4.46. The minimum absolute atomic E-state index is 0.532. The third-order valence-electron chi connectivity index (χ3n) is 3.34. The first-order chi connectivity index (χ1) is 7.75. The molecule has 1 unspecified atom stereocenters. The Labute approximate surface area is 100 Å². The van der Waals surface area contributed by atoms with Crippen molar-refractivity contribution in [3.8, 4) is 0 Å². The molecule has 1 heterocycles. The molecular weight excluding hydrogens is 212 g/mol. The molecule has 1 aliphatic rings. The van der Waals surface area contributed by atoms with Gasteiger partial charge in [-0.3, -0.25) is 0 Å². The molecule has 1 atom stereocenters. The fourth-order valence-electron chi connectivity index (χ4n) is 2.42. The summed E-state index contributed by atoms with van der Waals surface area (Å²) in [6, 6.07) is 8.96. The van der Waals surface area contributed by atoms with E-state index in [4.69, 9.17) is 0 Å².